The minimum atomic E-state index is -0.323. The number of amides is 2. The number of anilines is 1. The molecule has 0 aliphatic carbocycles. The Hall–Kier alpha value is -2.70. The molecule has 1 spiro atoms. The molecule has 2 fully saturated rings. The molecule has 2 amide bonds. The van der Waals surface area contributed by atoms with Crippen molar-refractivity contribution in [1.29, 1.82) is 0 Å². The van der Waals surface area contributed by atoms with Gasteiger partial charge in [0.25, 0.3) is 5.91 Å². The fourth-order valence-corrected chi connectivity index (χ4v) is 3.74. The van der Waals surface area contributed by atoms with Crippen molar-refractivity contribution in [2.45, 2.75) is 19.3 Å². The molecule has 124 valence electrons. The number of likely N-dealkylation sites (tertiary alicyclic amines) is 1. The third-order valence-electron chi connectivity index (χ3n) is 5.22. The largest absolute Gasteiger partial charge is 0.337 e. The summed E-state index contributed by atoms with van der Waals surface area (Å²) >= 11 is 0. The van der Waals surface area contributed by atoms with Gasteiger partial charge in [-0.05, 0) is 31.4 Å². The molecule has 1 aromatic carbocycles. The number of aromatic amines is 1. The van der Waals surface area contributed by atoms with Gasteiger partial charge in [0, 0.05) is 25.3 Å². The summed E-state index contributed by atoms with van der Waals surface area (Å²) in [4.78, 5) is 29.0. The smallest absolute Gasteiger partial charge is 0.276 e. The maximum Gasteiger partial charge on any atom is 0.276 e. The molecule has 0 radical (unpaired) electrons. The Morgan fingerprint density at radius 1 is 1.08 bits per heavy atom. The molecular formula is C17H19N5O2. The minimum absolute atomic E-state index is 0.121. The Kier molecular flexibility index (Phi) is 3.55. The van der Waals surface area contributed by atoms with Gasteiger partial charge in [-0.3, -0.25) is 9.59 Å². The van der Waals surface area contributed by atoms with Gasteiger partial charge in [-0.25, -0.2) is 0 Å². The molecule has 1 aromatic heterocycles. The number of hydrogen-bond donors (Lipinski definition) is 1. The van der Waals surface area contributed by atoms with Crippen LogP contribution in [-0.4, -0.2) is 51.8 Å². The Balaban J connectivity index is 1.45. The maximum absolute atomic E-state index is 13.0. The van der Waals surface area contributed by atoms with Gasteiger partial charge < -0.3 is 9.80 Å². The number of benzene rings is 1. The molecule has 2 saturated heterocycles. The van der Waals surface area contributed by atoms with E-state index in [1.165, 1.54) is 6.20 Å². The first-order chi connectivity index (χ1) is 11.7. The summed E-state index contributed by atoms with van der Waals surface area (Å²) in [7, 11) is 0. The van der Waals surface area contributed by atoms with Crippen LogP contribution in [0, 0.1) is 5.41 Å². The van der Waals surface area contributed by atoms with E-state index in [4.69, 9.17) is 0 Å². The SMILES string of the molecule is O=C(c1cn[nH]n1)N1CCC2(CC1)CCN(c1ccccc1)C2=O. The predicted molar refractivity (Wildman–Crippen MR) is 87.4 cm³/mol. The lowest BCUT2D eigenvalue weighted by atomic mass is 9.77. The first-order valence-electron chi connectivity index (χ1n) is 8.22. The van der Waals surface area contributed by atoms with Gasteiger partial charge in [0.2, 0.25) is 5.91 Å². The monoisotopic (exact) mass is 325 g/mol. The Morgan fingerprint density at radius 3 is 2.46 bits per heavy atom. The van der Waals surface area contributed by atoms with Crippen LogP contribution in [0.2, 0.25) is 0 Å². The molecule has 7 nitrogen and oxygen atoms in total. The van der Waals surface area contributed by atoms with Crippen LogP contribution in [0.15, 0.2) is 36.5 Å². The Bertz CT molecular complexity index is 736. The summed E-state index contributed by atoms with van der Waals surface area (Å²) in [6.45, 7) is 1.92. The highest BCUT2D eigenvalue weighted by Crippen LogP contribution is 2.43. The second-order valence-corrected chi connectivity index (χ2v) is 6.47. The van der Waals surface area contributed by atoms with Gasteiger partial charge in [-0.1, -0.05) is 18.2 Å². The van der Waals surface area contributed by atoms with Crippen LogP contribution in [0.25, 0.3) is 0 Å². The molecule has 4 rings (SSSR count). The van der Waals surface area contributed by atoms with Crippen molar-refractivity contribution in [3.8, 4) is 0 Å². The van der Waals surface area contributed by atoms with Crippen LogP contribution in [0.3, 0.4) is 0 Å². The second-order valence-electron chi connectivity index (χ2n) is 6.47. The molecule has 2 aliphatic rings. The Morgan fingerprint density at radius 2 is 1.79 bits per heavy atom. The Labute approximate surface area is 139 Å². The number of hydrogen-bond acceptors (Lipinski definition) is 4. The molecule has 7 heteroatoms. The van der Waals surface area contributed by atoms with Crippen molar-refractivity contribution in [2.24, 2.45) is 5.41 Å². The fourth-order valence-electron chi connectivity index (χ4n) is 3.74. The number of nitrogens with one attached hydrogen (secondary N) is 1. The zero-order valence-electron chi connectivity index (χ0n) is 13.3. The lowest BCUT2D eigenvalue weighted by molar-refractivity contribution is -0.127. The lowest BCUT2D eigenvalue weighted by Crippen LogP contribution is -2.46. The van der Waals surface area contributed by atoms with E-state index in [1.807, 2.05) is 35.2 Å². The van der Waals surface area contributed by atoms with Crippen molar-refractivity contribution >= 4 is 17.5 Å². The summed E-state index contributed by atoms with van der Waals surface area (Å²) in [5.41, 5.74) is 0.964. The second kappa shape index (κ2) is 5.74. The molecule has 2 aromatic rings. The lowest BCUT2D eigenvalue weighted by Gasteiger charge is -2.37. The van der Waals surface area contributed by atoms with Crippen molar-refractivity contribution in [2.75, 3.05) is 24.5 Å². The first kappa shape index (κ1) is 14.9. The molecule has 1 N–H and O–H groups in total. The maximum atomic E-state index is 13.0. The van der Waals surface area contributed by atoms with Crippen molar-refractivity contribution in [3.05, 3.63) is 42.2 Å². The quantitative estimate of drug-likeness (QED) is 0.906. The van der Waals surface area contributed by atoms with E-state index in [1.54, 1.807) is 4.90 Å². The molecule has 3 heterocycles. The predicted octanol–water partition coefficient (Wildman–Crippen LogP) is 1.46. The summed E-state index contributed by atoms with van der Waals surface area (Å²) in [6, 6.07) is 9.80. The number of rotatable bonds is 2. The molecular weight excluding hydrogens is 306 g/mol. The van der Waals surface area contributed by atoms with E-state index in [-0.39, 0.29) is 17.2 Å². The summed E-state index contributed by atoms with van der Waals surface area (Å²) < 4.78 is 0. The van der Waals surface area contributed by atoms with E-state index in [0.717, 1.165) is 18.7 Å². The molecule has 2 aliphatic heterocycles. The molecule has 0 atom stereocenters. The van der Waals surface area contributed by atoms with Crippen LogP contribution in [-0.2, 0) is 4.79 Å². The van der Waals surface area contributed by atoms with Gasteiger partial charge in [0.05, 0.1) is 11.6 Å². The minimum Gasteiger partial charge on any atom is -0.337 e. The normalized spacial score (nSPS) is 19.9. The number of H-pyrrole nitrogens is 1. The van der Waals surface area contributed by atoms with E-state index in [0.29, 0.717) is 31.6 Å². The highest BCUT2D eigenvalue weighted by Gasteiger charge is 2.49. The summed E-state index contributed by atoms with van der Waals surface area (Å²) in [5.74, 6) is 0.0752. The molecule has 0 bridgehead atoms. The summed E-state index contributed by atoms with van der Waals surface area (Å²) in [6.07, 6.45) is 3.70. The highest BCUT2D eigenvalue weighted by molar-refractivity contribution is 6.00. The average molecular weight is 325 g/mol. The van der Waals surface area contributed by atoms with Crippen molar-refractivity contribution < 1.29 is 9.59 Å². The number of para-hydroxylation sites is 1. The number of carbonyl (C=O) groups is 2. The fraction of sp³-hybridized carbons (Fsp3) is 0.412. The van der Waals surface area contributed by atoms with Crippen LogP contribution < -0.4 is 4.90 Å². The number of piperidine rings is 1. The molecule has 0 unspecified atom stereocenters. The number of carbonyl (C=O) groups excluding carboxylic acids is 2. The summed E-state index contributed by atoms with van der Waals surface area (Å²) in [5, 5.41) is 9.99. The van der Waals surface area contributed by atoms with E-state index < -0.39 is 0 Å². The van der Waals surface area contributed by atoms with Crippen LogP contribution in [0.1, 0.15) is 29.8 Å². The first-order valence-corrected chi connectivity index (χ1v) is 8.22. The van der Waals surface area contributed by atoms with E-state index >= 15 is 0 Å². The van der Waals surface area contributed by atoms with Gasteiger partial charge in [0.1, 0.15) is 0 Å². The standard InChI is InChI=1S/C17H19N5O2/c23-15(14-12-18-20-19-14)21-9-6-17(7-10-21)8-11-22(16(17)24)13-4-2-1-3-5-13/h1-5,12H,6-11H2,(H,18,19,20). The molecule has 24 heavy (non-hydrogen) atoms. The van der Waals surface area contributed by atoms with Crippen LogP contribution in [0.5, 0.6) is 0 Å². The van der Waals surface area contributed by atoms with Crippen molar-refractivity contribution in [1.82, 2.24) is 20.3 Å². The van der Waals surface area contributed by atoms with Gasteiger partial charge in [0.15, 0.2) is 5.69 Å². The van der Waals surface area contributed by atoms with Gasteiger partial charge >= 0.3 is 0 Å². The average Bonchev–Trinajstić information content (AvgIpc) is 3.26. The third kappa shape index (κ3) is 2.36. The van der Waals surface area contributed by atoms with E-state index in [2.05, 4.69) is 15.4 Å². The highest BCUT2D eigenvalue weighted by atomic mass is 16.2. The number of nitrogens with zero attached hydrogens (tertiary/aromatic N) is 4. The van der Waals surface area contributed by atoms with Crippen LogP contribution in [0.4, 0.5) is 5.69 Å². The van der Waals surface area contributed by atoms with Gasteiger partial charge in [-0.15, -0.1) is 0 Å². The van der Waals surface area contributed by atoms with E-state index in [9.17, 15) is 9.59 Å². The van der Waals surface area contributed by atoms with Crippen LogP contribution >= 0.6 is 0 Å². The topological polar surface area (TPSA) is 82.2 Å². The van der Waals surface area contributed by atoms with Crippen molar-refractivity contribution in [3.63, 3.8) is 0 Å². The third-order valence-corrected chi connectivity index (χ3v) is 5.22. The van der Waals surface area contributed by atoms with Gasteiger partial charge in [-0.2, -0.15) is 15.4 Å². The molecule has 0 saturated carbocycles. The number of aromatic nitrogens is 3. The zero-order chi connectivity index (χ0) is 16.6. The zero-order valence-corrected chi connectivity index (χ0v) is 13.3.